The van der Waals surface area contributed by atoms with Crippen molar-refractivity contribution in [2.24, 2.45) is 0 Å². The van der Waals surface area contributed by atoms with Crippen molar-refractivity contribution in [2.75, 3.05) is 24.2 Å². The highest BCUT2D eigenvalue weighted by Gasteiger charge is 2.13. The number of sulfonamides is 1. The molecule has 0 aliphatic carbocycles. The molecule has 0 bridgehead atoms. The summed E-state index contributed by atoms with van der Waals surface area (Å²) < 4.78 is 30.9. The van der Waals surface area contributed by atoms with Crippen molar-refractivity contribution in [2.45, 2.75) is 6.42 Å². The van der Waals surface area contributed by atoms with Crippen molar-refractivity contribution in [1.29, 1.82) is 0 Å². The van der Waals surface area contributed by atoms with Gasteiger partial charge in [0.15, 0.2) is 5.82 Å². The van der Waals surface area contributed by atoms with Crippen LogP contribution in [0.2, 0.25) is 0 Å². The number of anilines is 1. The first kappa shape index (κ1) is 12.8. The van der Waals surface area contributed by atoms with Crippen LogP contribution in [0.15, 0.2) is 24.3 Å². The number of rotatable bonds is 6. The summed E-state index contributed by atoms with van der Waals surface area (Å²) in [5.41, 5.74) is 0.798. The van der Waals surface area contributed by atoms with Gasteiger partial charge >= 0.3 is 0 Å². The number of para-hydroxylation sites is 1. The lowest BCUT2D eigenvalue weighted by Crippen LogP contribution is -2.18. The van der Waals surface area contributed by atoms with Crippen LogP contribution in [0, 0.1) is 0 Å². The number of fused-ring (bicyclic) bond motifs is 1. The third-order valence-electron chi connectivity index (χ3n) is 2.48. The molecule has 2 aromatic rings. The number of nitrogens with zero attached hydrogens (tertiary/aromatic N) is 1. The topological polar surface area (TPSA) is 84.1 Å². The Morgan fingerprint density at radius 3 is 2.94 bits per heavy atom. The van der Waals surface area contributed by atoms with Crippen molar-refractivity contribution < 1.29 is 13.2 Å². The second kappa shape index (κ2) is 5.36. The molecular formula is C11H15N3O3S. The molecule has 0 spiro atoms. The van der Waals surface area contributed by atoms with Crippen LogP contribution in [0.3, 0.4) is 0 Å². The molecule has 0 amide bonds. The first-order valence-electron chi connectivity index (χ1n) is 5.55. The first-order valence-corrected chi connectivity index (χ1v) is 7.20. The SMILES string of the molecule is COCCCS(=O)(=O)Nc1n[nH]c2ccccc12. The molecule has 0 aliphatic rings. The van der Waals surface area contributed by atoms with Gasteiger partial charge in [0.25, 0.3) is 0 Å². The van der Waals surface area contributed by atoms with Crippen LogP contribution in [-0.4, -0.2) is 38.1 Å². The quantitative estimate of drug-likeness (QED) is 0.775. The Labute approximate surface area is 105 Å². The zero-order chi connectivity index (χ0) is 13.0. The van der Waals surface area contributed by atoms with E-state index in [0.717, 1.165) is 10.9 Å². The third-order valence-corrected chi connectivity index (χ3v) is 3.81. The van der Waals surface area contributed by atoms with Gasteiger partial charge in [-0.1, -0.05) is 12.1 Å². The molecule has 98 valence electrons. The molecule has 1 heterocycles. The number of benzene rings is 1. The van der Waals surface area contributed by atoms with E-state index in [1.165, 1.54) is 0 Å². The molecule has 0 saturated carbocycles. The van der Waals surface area contributed by atoms with Crippen LogP contribution in [0.4, 0.5) is 5.82 Å². The normalized spacial score (nSPS) is 11.8. The lowest BCUT2D eigenvalue weighted by Gasteiger charge is -2.05. The van der Waals surface area contributed by atoms with E-state index in [2.05, 4.69) is 14.9 Å². The summed E-state index contributed by atoms with van der Waals surface area (Å²) in [6, 6.07) is 7.34. The Kier molecular flexibility index (Phi) is 3.83. The molecule has 18 heavy (non-hydrogen) atoms. The fraction of sp³-hybridized carbons (Fsp3) is 0.364. The smallest absolute Gasteiger partial charge is 0.234 e. The number of aromatic nitrogens is 2. The highest BCUT2D eigenvalue weighted by atomic mass is 32.2. The van der Waals surface area contributed by atoms with Gasteiger partial charge in [-0.3, -0.25) is 9.82 Å². The predicted molar refractivity (Wildman–Crippen MR) is 70.0 cm³/mol. The van der Waals surface area contributed by atoms with E-state index in [1.807, 2.05) is 24.3 Å². The largest absolute Gasteiger partial charge is 0.385 e. The van der Waals surface area contributed by atoms with Crippen LogP contribution >= 0.6 is 0 Å². The Morgan fingerprint density at radius 1 is 1.39 bits per heavy atom. The maximum atomic E-state index is 11.8. The lowest BCUT2D eigenvalue weighted by molar-refractivity contribution is 0.199. The summed E-state index contributed by atoms with van der Waals surface area (Å²) in [6.45, 7) is 0.419. The molecule has 1 aromatic carbocycles. The standard InChI is InChI=1S/C11H15N3O3S/c1-17-7-4-8-18(15,16)14-11-9-5-2-3-6-10(9)12-13-11/h2-3,5-6H,4,7-8H2,1H3,(H2,12,13,14). The lowest BCUT2D eigenvalue weighted by atomic mass is 10.2. The summed E-state index contributed by atoms with van der Waals surface area (Å²) in [5, 5.41) is 7.50. The molecule has 6 nitrogen and oxygen atoms in total. The molecule has 0 atom stereocenters. The predicted octanol–water partition coefficient (Wildman–Crippen LogP) is 1.34. The molecule has 2 rings (SSSR count). The van der Waals surface area contributed by atoms with Gasteiger partial charge in [0.1, 0.15) is 0 Å². The average Bonchev–Trinajstić information content (AvgIpc) is 2.72. The number of ether oxygens (including phenoxy) is 1. The summed E-state index contributed by atoms with van der Waals surface area (Å²) in [4.78, 5) is 0. The van der Waals surface area contributed by atoms with E-state index in [-0.39, 0.29) is 5.75 Å². The van der Waals surface area contributed by atoms with E-state index in [0.29, 0.717) is 18.8 Å². The summed E-state index contributed by atoms with van der Waals surface area (Å²) in [5.74, 6) is 0.352. The molecule has 0 radical (unpaired) electrons. The molecule has 0 saturated heterocycles. The summed E-state index contributed by atoms with van der Waals surface area (Å²) in [7, 11) is -1.84. The minimum absolute atomic E-state index is 0.0159. The maximum Gasteiger partial charge on any atom is 0.234 e. The number of methoxy groups -OCH3 is 1. The van der Waals surface area contributed by atoms with E-state index in [9.17, 15) is 8.42 Å². The van der Waals surface area contributed by atoms with Crippen molar-refractivity contribution >= 4 is 26.7 Å². The molecule has 2 N–H and O–H groups in total. The van der Waals surface area contributed by atoms with Gasteiger partial charge in [-0.15, -0.1) is 0 Å². The van der Waals surface area contributed by atoms with Gasteiger partial charge in [-0.25, -0.2) is 8.42 Å². The maximum absolute atomic E-state index is 11.8. The minimum atomic E-state index is -3.38. The molecule has 7 heteroatoms. The highest BCUT2D eigenvalue weighted by Crippen LogP contribution is 2.20. The summed E-state index contributed by atoms with van der Waals surface area (Å²) in [6.07, 6.45) is 0.453. The van der Waals surface area contributed by atoms with Crippen LogP contribution in [0.1, 0.15) is 6.42 Å². The fourth-order valence-corrected chi connectivity index (χ4v) is 2.68. The van der Waals surface area contributed by atoms with Gasteiger partial charge in [-0.05, 0) is 18.6 Å². The van der Waals surface area contributed by atoms with Gasteiger partial charge in [0, 0.05) is 19.1 Å². The zero-order valence-electron chi connectivity index (χ0n) is 10.0. The van der Waals surface area contributed by atoms with Gasteiger partial charge in [0.05, 0.1) is 11.3 Å². The second-order valence-corrected chi connectivity index (χ2v) is 5.73. The van der Waals surface area contributed by atoms with E-state index < -0.39 is 10.0 Å². The number of nitrogens with one attached hydrogen (secondary N) is 2. The van der Waals surface area contributed by atoms with Crippen molar-refractivity contribution in [3.05, 3.63) is 24.3 Å². The van der Waals surface area contributed by atoms with Crippen LogP contribution in [0.5, 0.6) is 0 Å². The number of H-pyrrole nitrogens is 1. The van der Waals surface area contributed by atoms with Crippen molar-refractivity contribution in [1.82, 2.24) is 10.2 Å². The second-order valence-electron chi connectivity index (χ2n) is 3.89. The fourth-order valence-electron chi connectivity index (χ4n) is 1.63. The number of hydrogen-bond acceptors (Lipinski definition) is 4. The summed E-state index contributed by atoms with van der Waals surface area (Å²) >= 11 is 0. The van der Waals surface area contributed by atoms with Crippen molar-refractivity contribution in [3.8, 4) is 0 Å². The monoisotopic (exact) mass is 269 g/mol. The number of hydrogen-bond donors (Lipinski definition) is 2. The average molecular weight is 269 g/mol. The molecular weight excluding hydrogens is 254 g/mol. The van der Waals surface area contributed by atoms with Crippen LogP contribution in [0.25, 0.3) is 10.9 Å². The van der Waals surface area contributed by atoms with E-state index >= 15 is 0 Å². The van der Waals surface area contributed by atoms with Gasteiger partial charge in [0.2, 0.25) is 10.0 Å². The zero-order valence-corrected chi connectivity index (χ0v) is 10.8. The van der Waals surface area contributed by atoms with E-state index in [4.69, 9.17) is 4.74 Å². The Bertz CT molecular complexity index is 621. The Hall–Kier alpha value is -1.60. The molecule has 0 aliphatic heterocycles. The van der Waals surface area contributed by atoms with Crippen LogP contribution < -0.4 is 4.72 Å². The van der Waals surface area contributed by atoms with Crippen LogP contribution in [-0.2, 0) is 14.8 Å². The number of aromatic amines is 1. The molecule has 0 fully saturated rings. The van der Waals surface area contributed by atoms with Gasteiger partial charge < -0.3 is 4.74 Å². The van der Waals surface area contributed by atoms with Gasteiger partial charge in [-0.2, -0.15) is 5.10 Å². The Morgan fingerprint density at radius 2 is 2.17 bits per heavy atom. The highest BCUT2D eigenvalue weighted by molar-refractivity contribution is 7.92. The molecule has 1 aromatic heterocycles. The van der Waals surface area contributed by atoms with Crippen molar-refractivity contribution in [3.63, 3.8) is 0 Å². The molecule has 0 unspecified atom stereocenters. The Balaban J connectivity index is 2.13. The third kappa shape index (κ3) is 2.99. The van der Waals surface area contributed by atoms with E-state index in [1.54, 1.807) is 7.11 Å². The first-order chi connectivity index (χ1) is 8.62. The minimum Gasteiger partial charge on any atom is -0.385 e.